The zero-order valence-electron chi connectivity index (χ0n) is 13.2. The third-order valence-corrected chi connectivity index (χ3v) is 3.82. The normalized spacial score (nSPS) is 10.0. The summed E-state index contributed by atoms with van der Waals surface area (Å²) in [5.41, 5.74) is 0.549. The summed E-state index contributed by atoms with van der Waals surface area (Å²) < 4.78 is 4.71. The van der Waals surface area contributed by atoms with E-state index in [4.69, 9.17) is 9.84 Å². The lowest BCUT2D eigenvalue weighted by molar-refractivity contribution is -0.145. The summed E-state index contributed by atoms with van der Waals surface area (Å²) in [5.74, 6) is -1.98. The number of Topliss-reactive ketones (excluding diaryl/α,β-unsaturated/α-hetero) is 1. The molecule has 2 N–H and O–H groups in total. The van der Waals surface area contributed by atoms with Crippen molar-refractivity contribution in [3.8, 4) is 0 Å². The highest BCUT2D eigenvalue weighted by molar-refractivity contribution is 8.00. The maximum atomic E-state index is 11.6. The number of anilines is 1. The smallest absolute Gasteiger partial charge is 0.313 e. The van der Waals surface area contributed by atoms with Crippen LogP contribution in [-0.4, -0.2) is 41.1 Å². The van der Waals surface area contributed by atoms with Gasteiger partial charge in [-0.2, -0.15) is 0 Å². The van der Waals surface area contributed by atoms with Gasteiger partial charge in [0.2, 0.25) is 5.91 Å². The van der Waals surface area contributed by atoms with Gasteiger partial charge in [-0.1, -0.05) is 0 Å². The summed E-state index contributed by atoms with van der Waals surface area (Å²) in [4.78, 5) is 45.5. The molecule has 0 saturated carbocycles. The number of nitrogens with one attached hydrogen (secondary N) is 1. The highest BCUT2D eigenvalue weighted by Crippen LogP contribution is 2.21. The van der Waals surface area contributed by atoms with Gasteiger partial charge in [-0.3, -0.25) is 19.2 Å². The van der Waals surface area contributed by atoms with E-state index in [-0.39, 0.29) is 43.3 Å². The summed E-state index contributed by atoms with van der Waals surface area (Å²) in [5, 5.41) is 11.1. The molecule has 1 rings (SSSR count). The van der Waals surface area contributed by atoms with Crippen molar-refractivity contribution in [1.82, 2.24) is 0 Å². The molecule has 0 aromatic heterocycles. The van der Waals surface area contributed by atoms with E-state index in [1.165, 1.54) is 11.8 Å². The number of thioether (sulfide) groups is 1. The lowest BCUT2D eigenvalue weighted by Crippen LogP contribution is -2.13. The Morgan fingerprint density at radius 1 is 1.12 bits per heavy atom. The van der Waals surface area contributed by atoms with Crippen LogP contribution >= 0.6 is 11.8 Å². The molecule has 0 fully saturated rings. The van der Waals surface area contributed by atoms with E-state index >= 15 is 0 Å². The Hall–Kier alpha value is -2.35. The molecule has 1 aromatic rings. The molecule has 1 aromatic carbocycles. The fourth-order valence-corrected chi connectivity index (χ4v) is 2.42. The Balaban J connectivity index is 2.39. The molecule has 0 saturated heterocycles. The highest BCUT2D eigenvalue weighted by Gasteiger charge is 2.11. The first kappa shape index (κ1) is 19.7. The van der Waals surface area contributed by atoms with Crippen molar-refractivity contribution in [2.75, 3.05) is 17.7 Å². The van der Waals surface area contributed by atoms with Crippen LogP contribution in [0.4, 0.5) is 5.69 Å². The molecule has 0 bridgehead atoms. The Morgan fingerprint density at radius 3 is 2.38 bits per heavy atom. The minimum absolute atomic E-state index is 0.0891. The Labute approximate surface area is 143 Å². The molecule has 8 heteroatoms. The number of ether oxygens (including phenoxy) is 1. The average molecular weight is 353 g/mol. The van der Waals surface area contributed by atoms with Crippen molar-refractivity contribution in [3.63, 3.8) is 0 Å². The SMILES string of the molecule is CCOC(=O)CC(=O)CSc1ccc(NC(=O)CCC(=O)O)cc1. The highest BCUT2D eigenvalue weighted by atomic mass is 32.2. The first-order valence-corrected chi connectivity index (χ1v) is 8.31. The number of carboxylic acid groups (broad SMARTS) is 1. The number of ketones is 1. The van der Waals surface area contributed by atoms with Crippen molar-refractivity contribution in [3.05, 3.63) is 24.3 Å². The van der Waals surface area contributed by atoms with Crippen LogP contribution < -0.4 is 5.32 Å². The Kier molecular flexibility index (Phi) is 8.56. The molecule has 0 spiro atoms. The quantitative estimate of drug-likeness (QED) is 0.376. The van der Waals surface area contributed by atoms with Crippen LogP contribution in [0, 0.1) is 0 Å². The number of rotatable bonds is 10. The monoisotopic (exact) mass is 353 g/mol. The maximum absolute atomic E-state index is 11.6. The van der Waals surface area contributed by atoms with Gasteiger partial charge in [0.1, 0.15) is 6.42 Å². The molecule has 0 atom stereocenters. The van der Waals surface area contributed by atoms with Gasteiger partial charge >= 0.3 is 11.9 Å². The van der Waals surface area contributed by atoms with E-state index in [1.807, 2.05) is 0 Å². The summed E-state index contributed by atoms with van der Waals surface area (Å²) in [7, 11) is 0. The summed E-state index contributed by atoms with van der Waals surface area (Å²) in [6, 6.07) is 6.79. The predicted octanol–water partition coefficient (Wildman–Crippen LogP) is 2.10. The molecule has 0 radical (unpaired) electrons. The number of carbonyl (C=O) groups is 4. The lowest BCUT2D eigenvalue weighted by atomic mass is 10.2. The number of esters is 1. The largest absolute Gasteiger partial charge is 0.481 e. The van der Waals surface area contributed by atoms with Gasteiger partial charge in [0, 0.05) is 17.0 Å². The fraction of sp³-hybridized carbons (Fsp3) is 0.375. The molecular formula is C16H19NO6S. The van der Waals surface area contributed by atoms with Gasteiger partial charge in [0.25, 0.3) is 0 Å². The minimum atomic E-state index is -1.02. The van der Waals surface area contributed by atoms with Crippen LogP contribution in [0.3, 0.4) is 0 Å². The van der Waals surface area contributed by atoms with Crippen LogP contribution in [0.1, 0.15) is 26.2 Å². The van der Waals surface area contributed by atoms with E-state index < -0.39 is 11.9 Å². The van der Waals surface area contributed by atoms with Gasteiger partial charge in [0.15, 0.2) is 5.78 Å². The predicted molar refractivity (Wildman–Crippen MR) is 88.9 cm³/mol. The van der Waals surface area contributed by atoms with E-state index in [0.717, 1.165) is 4.90 Å². The fourth-order valence-electron chi connectivity index (χ4n) is 1.67. The number of hydrogen-bond donors (Lipinski definition) is 2. The van der Waals surface area contributed by atoms with Gasteiger partial charge in [-0.05, 0) is 31.2 Å². The van der Waals surface area contributed by atoms with Crippen molar-refractivity contribution >= 4 is 41.1 Å². The molecule has 24 heavy (non-hydrogen) atoms. The molecule has 0 aliphatic rings. The first-order valence-electron chi connectivity index (χ1n) is 7.32. The van der Waals surface area contributed by atoms with E-state index in [2.05, 4.69) is 5.32 Å². The van der Waals surface area contributed by atoms with Crippen molar-refractivity contribution in [2.24, 2.45) is 0 Å². The number of carboxylic acids is 1. The second-order valence-electron chi connectivity index (χ2n) is 4.78. The average Bonchev–Trinajstić information content (AvgIpc) is 2.52. The molecular weight excluding hydrogens is 334 g/mol. The van der Waals surface area contributed by atoms with Crippen molar-refractivity contribution < 1.29 is 29.0 Å². The number of aliphatic carboxylic acids is 1. The summed E-state index contributed by atoms with van der Waals surface area (Å²) in [6.45, 7) is 1.93. The maximum Gasteiger partial charge on any atom is 0.313 e. The molecule has 7 nitrogen and oxygen atoms in total. The Morgan fingerprint density at radius 2 is 1.79 bits per heavy atom. The number of carbonyl (C=O) groups excluding carboxylic acids is 3. The minimum Gasteiger partial charge on any atom is -0.481 e. The van der Waals surface area contributed by atoms with Crippen LogP contribution in [0.15, 0.2) is 29.2 Å². The van der Waals surface area contributed by atoms with Crippen LogP contribution in [0.25, 0.3) is 0 Å². The zero-order chi connectivity index (χ0) is 17.9. The molecule has 0 unspecified atom stereocenters. The van der Waals surface area contributed by atoms with Crippen LogP contribution in [-0.2, 0) is 23.9 Å². The first-order chi connectivity index (χ1) is 11.4. The molecule has 1 amide bonds. The zero-order valence-corrected chi connectivity index (χ0v) is 14.1. The lowest BCUT2D eigenvalue weighted by Gasteiger charge is -2.06. The number of amides is 1. The molecule has 130 valence electrons. The third kappa shape index (κ3) is 8.33. The second-order valence-corrected chi connectivity index (χ2v) is 5.82. The second kappa shape index (κ2) is 10.4. The standard InChI is InChI=1S/C16H19NO6S/c1-2-23-16(22)9-12(18)10-24-13-5-3-11(4-6-13)17-14(19)7-8-15(20)21/h3-6H,2,7-10H2,1H3,(H,17,19)(H,20,21). The Bertz CT molecular complexity index is 599. The molecule has 0 aliphatic carbocycles. The van der Waals surface area contributed by atoms with Crippen molar-refractivity contribution in [2.45, 2.75) is 31.1 Å². The summed E-state index contributed by atoms with van der Waals surface area (Å²) in [6.07, 6.45) is -0.547. The topological polar surface area (TPSA) is 110 Å². The molecule has 0 heterocycles. The van der Waals surface area contributed by atoms with E-state index in [9.17, 15) is 19.2 Å². The number of hydrogen-bond acceptors (Lipinski definition) is 6. The van der Waals surface area contributed by atoms with Gasteiger partial charge in [0.05, 0.1) is 18.8 Å². The van der Waals surface area contributed by atoms with Gasteiger partial charge in [-0.15, -0.1) is 11.8 Å². The van der Waals surface area contributed by atoms with E-state index in [1.54, 1.807) is 31.2 Å². The molecule has 0 aliphatic heterocycles. The summed E-state index contributed by atoms with van der Waals surface area (Å²) >= 11 is 1.28. The van der Waals surface area contributed by atoms with Gasteiger partial charge < -0.3 is 15.2 Å². The van der Waals surface area contributed by atoms with Crippen molar-refractivity contribution in [1.29, 1.82) is 0 Å². The van der Waals surface area contributed by atoms with E-state index in [0.29, 0.717) is 5.69 Å². The van der Waals surface area contributed by atoms with Crippen LogP contribution in [0.2, 0.25) is 0 Å². The van der Waals surface area contributed by atoms with Gasteiger partial charge in [-0.25, -0.2) is 0 Å². The van der Waals surface area contributed by atoms with Crippen LogP contribution in [0.5, 0.6) is 0 Å². The number of benzene rings is 1. The third-order valence-electron chi connectivity index (χ3n) is 2.75.